The monoisotopic (exact) mass is 447 g/mol. The summed E-state index contributed by atoms with van der Waals surface area (Å²) >= 11 is 0. The topological polar surface area (TPSA) is 107 Å². The molecule has 0 aliphatic carbocycles. The Labute approximate surface area is 192 Å². The third-order valence-corrected chi connectivity index (χ3v) is 4.60. The van der Waals surface area contributed by atoms with Gasteiger partial charge in [0.2, 0.25) is 17.6 Å². The van der Waals surface area contributed by atoms with Crippen LogP contribution < -0.4 is 10.1 Å². The van der Waals surface area contributed by atoms with Gasteiger partial charge in [-0.05, 0) is 55.5 Å². The first-order valence-electron chi connectivity index (χ1n) is 10.3. The van der Waals surface area contributed by atoms with E-state index in [4.69, 9.17) is 9.47 Å². The van der Waals surface area contributed by atoms with Gasteiger partial charge >= 0.3 is 5.97 Å². The van der Waals surface area contributed by atoms with E-state index in [1.54, 1.807) is 48.7 Å². The molecule has 0 fully saturated rings. The van der Waals surface area contributed by atoms with Crippen LogP contribution in [0.15, 0.2) is 67.1 Å². The van der Waals surface area contributed by atoms with Crippen LogP contribution in [0.1, 0.15) is 48.4 Å². The van der Waals surface area contributed by atoms with E-state index < -0.39 is 17.5 Å². The van der Waals surface area contributed by atoms with E-state index in [1.807, 2.05) is 20.8 Å². The van der Waals surface area contributed by atoms with Gasteiger partial charge in [-0.25, -0.2) is 9.78 Å². The highest BCUT2D eigenvalue weighted by Gasteiger charge is 2.24. The molecule has 8 nitrogen and oxygen atoms in total. The molecule has 0 saturated heterocycles. The van der Waals surface area contributed by atoms with Crippen LogP contribution in [0.2, 0.25) is 0 Å². The Morgan fingerprint density at radius 2 is 1.67 bits per heavy atom. The first-order chi connectivity index (χ1) is 15.6. The van der Waals surface area contributed by atoms with Gasteiger partial charge in [-0.2, -0.15) is 0 Å². The molecule has 33 heavy (non-hydrogen) atoms. The van der Waals surface area contributed by atoms with Crippen molar-refractivity contribution in [3.05, 3.63) is 78.2 Å². The fraction of sp³-hybridized carbons (Fsp3) is 0.240. The first kappa shape index (κ1) is 23.6. The number of carbonyl (C=O) groups excluding carboxylic acids is 3. The molecule has 2 aromatic heterocycles. The van der Waals surface area contributed by atoms with E-state index in [0.717, 1.165) is 0 Å². The number of benzene rings is 1. The van der Waals surface area contributed by atoms with Crippen molar-refractivity contribution in [2.24, 2.45) is 5.41 Å². The Hall–Kier alpha value is -4.07. The molecule has 1 amide bonds. The normalized spacial score (nSPS) is 11.9. The second-order valence-corrected chi connectivity index (χ2v) is 8.34. The third kappa shape index (κ3) is 6.22. The van der Waals surface area contributed by atoms with E-state index in [0.29, 0.717) is 17.0 Å². The molecular formula is C25H25N3O5. The molecule has 8 heteroatoms. The van der Waals surface area contributed by atoms with Gasteiger partial charge in [0.05, 0.1) is 6.20 Å². The number of rotatable bonds is 7. The number of hydrogen-bond acceptors (Lipinski definition) is 7. The SMILES string of the molecule is CC(OC(=O)c1cccnc1Oc1cccnc1)C(=O)c1ccc(NC(=O)C(C)(C)C)cc1. The molecule has 0 radical (unpaired) electrons. The Kier molecular flexibility index (Phi) is 7.17. The molecular weight excluding hydrogens is 422 g/mol. The van der Waals surface area contributed by atoms with E-state index in [9.17, 15) is 14.4 Å². The van der Waals surface area contributed by atoms with Crippen molar-refractivity contribution in [2.45, 2.75) is 33.8 Å². The van der Waals surface area contributed by atoms with Crippen LogP contribution in [0.4, 0.5) is 5.69 Å². The number of nitrogens with zero attached hydrogens (tertiary/aromatic N) is 2. The maximum Gasteiger partial charge on any atom is 0.344 e. The molecule has 1 unspecified atom stereocenters. The maximum atomic E-state index is 12.8. The lowest BCUT2D eigenvalue weighted by Crippen LogP contribution is -2.27. The van der Waals surface area contributed by atoms with Crippen molar-refractivity contribution >= 4 is 23.3 Å². The van der Waals surface area contributed by atoms with Gasteiger partial charge in [0, 0.05) is 29.1 Å². The lowest BCUT2D eigenvalue weighted by molar-refractivity contribution is -0.123. The summed E-state index contributed by atoms with van der Waals surface area (Å²) in [6, 6.07) is 12.9. The van der Waals surface area contributed by atoms with Gasteiger partial charge in [0.15, 0.2) is 6.10 Å². The number of anilines is 1. The zero-order valence-corrected chi connectivity index (χ0v) is 18.9. The predicted octanol–water partition coefficient (Wildman–Crippen LogP) is 4.68. The van der Waals surface area contributed by atoms with Crippen molar-refractivity contribution in [1.82, 2.24) is 9.97 Å². The van der Waals surface area contributed by atoms with Crippen LogP contribution in [0.3, 0.4) is 0 Å². The molecule has 2 heterocycles. The van der Waals surface area contributed by atoms with Gasteiger partial charge < -0.3 is 14.8 Å². The van der Waals surface area contributed by atoms with E-state index in [2.05, 4.69) is 15.3 Å². The number of esters is 1. The number of ether oxygens (including phenoxy) is 2. The number of nitrogens with one attached hydrogen (secondary N) is 1. The smallest absolute Gasteiger partial charge is 0.344 e. The van der Waals surface area contributed by atoms with E-state index in [1.165, 1.54) is 25.4 Å². The van der Waals surface area contributed by atoms with Crippen molar-refractivity contribution in [1.29, 1.82) is 0 Å². The van der Waals surface area contributed by atoms with Gasteiger partial charge in [0.25, 0.3) is 0 Å². The van der Waals surface area contributed by atoms with Crippen LogP contribution >= 0.6 is 0 Å². The summed E-state index contributed by atoms with van der Waals surface area (Å²) in [6.45, 7) is 6.93. The lowest BCUT2D eigenvalue weighted by Gasteiger charge is -2.18. The standard InChI is InChI=1S/C25H25N3O5/c1-16(21(29)17-9-11-18(12-10-17)28-24(31)25(2,3)4)32-23(30)20-8-6-14-27-22(20)33-19-7-5-13-26-15-19/h5-16H,1-4H3,(H,28,31). The van der Waals surface area contributed by atoms with Gasteiger partial charge in [-0.3, -0.25) is 14.6 Å². The maximum absolute atomic E-state index is 12.8. The minimum Gasteiger partial charge on any atom is -0.451 e. The number of hydrogen-bond donors (Lipinski definition) is 1. The molecule has 0 aliphatic rings. The Bertz CT molecular complexity index is 1140. The number of Topliss-reactive ketones (excluding diaryl/α,β-unsaturated/α-hetero) is 1. The van der Waals surface area contributed by atoms with Crippen LogP contribution in [0, 0.1) is 5.41 Å². The predicted molar refractivity (Wildman–Crippen MR) is 122 cm³/mol. The van der Waals surface area contributed by atoms with Crippen molar-refractivity contribution in [2.75, 3.05) is 5.32 Å². The summed E-state index contributed by atoms with van der Waals surface area (Å²) in [6.07, 6.45) is 3.53. The van der Waals surface area contributed by atoms with Crippen molar-refractivity contribution in [3.8, 4) is 11.6 Å². The first-order valence-corrected chi connectivity index (χ1v) is 10.3. The van der Waals surface area contributed by atoms with Crippen molar-refractivity contribution < 1.29 is 23.9 Å². The molecule has 1 aromatic carbocycles. The van der Waals surface area contributed by atoms with E-state index >= 15 is 0 Å². The zero-order valence-electron chi connectivity index (χ0n) is 18.9. The van der Waals surface area contributed by atoms with Crippen LogP contribution in [-0.4, -0.2) is 33.7 Å². The van der Waals surface area contributed by atoms with Crippen LogP contribution in [0.25, 0.3) is 0 Å². The Morgan fingerprint density at radius 1 is 0.970 bits per heavy atom. The molecule has 170 valence electrons. The molecule has 0 bridgehead atoms. The van der Waals surface area contributed by atoms with Gasteiger partial charge in [-0.1, -0.05) is 20.8 Å². The number of carbonyl (C=O) groups is 3. The highest BCUT2D eigenvalue weighted by Crippen LogP contribution is 2.23. The average molecular weight is 447 g/mol. The quantitative estimate of drug-likeness (QED) is 0.414. The summed E-state index contributed by atoms with van der Waals surface area (Å²) < 4.78 is 11.0. The number of pyridine rings is 2. The molecule has 1 atom stereocenters. The van der Waals surface area contributed by atoms with Gasteiger partial charge in [0.1, 0.15) is 11.3 Å². The average Bonchev–Trinajstić information content (AvgIpc) is 2.79. The number of aromatic nitrogens is 2. The molecule has 1 N–H and O–H groups in total. The number of ketones is 1. The Balaban J connectivity index is 1.67. The Morgan fingerprint density at radius 3 is 2.30 bits per heavy atom. The highest BCUT2D eigenvalue weighted by molar-refractivity contribution is 6.02. The minimum atomic E-state index is -1.04. The van der Waals surface area contributed by atoms with Crippen LogP contribution in [0.5, 0.6) is 11.6 Å². The molecule has 3 aromatic rings. The largest absolute Gasteiger partial charge is 0.451 e. The highest BCUT2D eigenvalue weighted by atomic mass is 16.5. The molecule has 0 aliphatic heterocycles. The third-order valence-electron chi connectivity index (χ3n) is 4.60. The fourth-order valence-corrected chi connectivity index (χ4v) is 2.70. The molecule has 3 rings (SSSR count). The second-order valence-electron chi connectivity index (χ2n) is 8.34. The zero-order chi connectivity index (χ0) is 24.0. The molecule has 0 saturated carbocycles. The molecule has 0 spiro atoms. The van der Waals surface area contributed by atoms with Crippen molar-refractivity contribution in [3.63, 3.8) is 0 Å². The van der Waals surface area contributed by atoms with Gasteiger partial charge in [-0.15, -0.1) is 0 Å². The van der Waals surface area contributed by atoms with Crippen LogP contribution in [-0.2, 0) is 9.53 Å². The summed E-state index contributed by atoms with van der Waals surface area (Å²) in [5.74, 6) is -0.792. The lowest BCUT2D eigenvalue weighted by atomic mass is 9.95. The number of amides is 1. The minimum absolute atomic E-state index is 0.0501. The second kappa shape index (κ2) is 10.0. The summed E-state index contributed by atoms with van der Waals surface area (Å²) in [7, 11) is 0. The fourth-order valence-electron chi connectivity index (χ4n) is 2.70. The summed E-state index contributed by atoms with van der Waals surface area (Å²) in [4.78, 5) is 45.6. The summed E-state index contributed by atoms with van der Waals surface area (Å²) in [5.41, 5.74) is 0.468. The summed E-state index contributed by atoms with van der Waals surface area (Å²) in [5, 5.41) is 2.80. The van der Waals surface area contributed by atoms with E-state index in [-0.39, 0.29) is 23.1 Å².